The minimum Gasteiger partial charge on any atom is -0.295 e. The third-order valence-corrected chi connectivity index (χ3v) is 3.79. The topological polar surface area (TPSA) is 17.1 Å². The quantitative estimate of drug-likeness (QED) is 0.512. The largest absolute Gasteiger partial charge is 0.295 e. The fraction of sp³-hybridized carbons (Fsp3) is 0.667. The first-order chi connectivity index (χ1) is 7.38. The molecule has 1 atom stereocenters. The van der Waals surface area contributed by atoms with Crippen LogP contribution in [-0.4, -0.2) is 5.78 Å². The lowest BCUT2D eigenvalue weighted by atomic mass is 9.68. The van der Waals surface area contributed by atoms with Crippen LogP contribution in [0.5, 0.6) is 0 Å². The van der Waals surface area contributed by atoms with E-state index >= 15 is 0 Å². The van der Waals surface area contributed by atoms with Gasteiger partial charge in [0.2, 0.25) is 0 Å². The van der Waals surface area contributed by atoms with Crippen LogP contribution in [0.1, 0.15) is 53.9 Å². The molecule has 0 spiro atoms. The zero-order chi connectivity index (χ0) is 12.3. The Kier molecular flexibility index (Phi) is 4.12. The molecule has 16 heavy (non-hydrogen) atoms. The summed E-state index contributed by atoms with van der Waals surface area (Å²) in [5, 5.41) is 0. The summed E-state index contributed by atoms with van der Waals surface area (Å²) >= 11 is 0. The zero-order valence-electron chi connectivity index (χ0n) is 11.3. The highest BCUT2D eigenvalue weighted by molar-refractivity contribution is 5.93. The maximum Gasteiger partial charge on any atom is 0.155 e. The van der Waals surface area contributed by atoms with E-state index in [-0.39, 0.29) is 11.2 Å². The van der Waals surface area contributed by atoms with E-state index in [9.17, 15) is 4.79 Å². The molecule has 1 aliphatic rings. The molecule has 90 valence electrons. The average Bonchev–Trinajstić information content (AvgIpc) is 2.16. The maximum absolute atomic E-state index is 11.5. The van der Waals surface area contributed by atoms with Crippen molar-refractivity contribution in [3.05, 3.63) is 23.3 Å². The second-order valence-electron chi connectivity index (χ2n) is 5.55. The summed E-state index contributed by atoms with van der Waals surface area (Å²) in [6.45, 7) is 10.5. The second kappa shape index (κ2) is 4.99. The highest BCUT2D eigenvalue weighted by Crippen LogP contribution is 2.42. The predicted octanol–water partition coefficient (Wildman–Crippen LogP) is 4.29. The van der Waals surface area contributed by atoms with Crippen molar-refractivity contribution in [1.29, 1.82) is 0 Å². The van der Waals surface area contributed by atoms with Crippen LogP contribution in [0, 0.1) is 11.3 Å². The number of carbonyl (C=O) groups is 1. The van der Waals surface area contributed by atoms with Crippen LogP contribution in [-0.2, 0) is 4.79 Å². The molecule has 0 saturated heterocycles. The lowest BCUT2D eigenvalue weighted by molar-refractivity contribution is -0.113. The van der Waals surface area contributed by atoms with Crippen molar-refractivity contribution >= 4 is 5.78 Å². The second-order valence-corrected chi connectivity index (χ2v) is 5.55. The summed E-state index contributed by atoms with van der Waals surface area (Å²) in [5.74, 6) is 0.650. The third kappa shape index (κ3) is 2.84. The minimum atomic E-state index is 0.219. The number of hydrogen-bond acceptors (Lipinski definition) is 1. The number of Topliss-reactive ketones (excluding diaryl/α,β-unsaturated/α-hetero) is 1. The summed E-state index contributed by atoms with van der Waals surface area (Å²) in [4.78, 5) is 11.5. The molecule has 1 heteroatoms. The van der Waals surface area contributed by atoms with E-state index < -0.39 is 0 Å². The van der Waals surface area contributed by atoms with Gasteiger partial charge in [-0.15, -0.1) is 0 Å². The summed E-state index contributed by atoms with van der Waals surface area (Å²) in [6.07, 6.45) is 7.74. The normalized spacial score (nSPS) is 25.2. The van der Waals surface area contributed by atoms with Crippen LogP contribution in [0.2, 0.25) is 0 Å². The molecule has 1 unspecified atom stereocenters. The molecule has 0 heterocycles. The van der Waals surface area contributed by atoms with Crippen LogP contribution >= 0.6 is 0 Å². The lowest BCUT2D eigenvalue weighted by Crippen LogP contribution is -2.27. The first-order valence-electron chi connectivity index (χ1n) is 6.26. The van der Waals surface area contributed by atoms with Gasteiger partial charge < -0.3 is 0 Å². The van der Waals surface area contributed by atoms with Gasteiger partial charge in [-0.05, 0) is 44.1 Å². The van der Waals surface area contributed by atoms with Crippen LogP contribution in [0.25, 0.3) is 0 Å². The number of allylic oxidation sites excluding steroid dienone is 4. The standard InChI is InChI=1S/C15H24O/c1-6-13(12(3)16)10-14-11(2)8-7-9-15(14,4)5/h8,10,14H,6-7,9H2,1-5H3/b13-10+. The van der Waals surface area contributed by atoms with Crippen molar-refractivity contribution in [2.45, 2.75) is 53.9 Å². The van der Waals surface area contributed by atoms with Gasteiger partial charge in [-0.1, -0.05) is 38.5 Å². The van der Waals surface area contributed by atoms with Gasteiger partial charge in [0.1, 0.15) is 0 Å². The molecule has 0 bridgehead atoms. The highest BCUT2D eigenvalue weighted by atomic mass is 16.1. The van der Waals surface area contributed by atoms with Crippen molar-refractivity contribution in [3.8, 4) is 0 Å². The van der Waals surface area contributed by atoms with Gasteiger partial charge in [-0.25, -0.2) is 0 Å². The van der Waals surface area contributed by atoms with Gasteiger partial charge in [-0.3, -0.25) is 4.79 Å². The Balaban J connectivity index is 3.04. The molecule has 1 nitrogen and oxygen atoms in total. The minimum absolute atomic E-state index is 0.219. The van der Waals surface area contributed by atoms with Crippen molar-refractivity contribution in [2.75, 3.05) is 0 Å². The molecular weight excluding hydrogens is 196 g/mol. The van der Waals surface area contributed by atoms with E-state index in [1.165, 1.54) is 18.4 Å². The molecule has 0 amide bonds. The fourth-order valence-corrected chi connectivity index (χ4v) is 2.61. The molecular formula is C15H24O. The zero-order valence-corrected chi connectivity index (χ0v) is 11.3. The molecule has 0 fully saturated rings. The van der Waals surface area contributed by atoms with E-state index in [2.05, 4.69) is 39.8 Å². The van der Waals surface area contributed by atoms with Gasteiger partial charge in [-0.2, -0.15) is 0 Å². The van der Waals surface area contributed by atoms with E-state index in [4.69, 9.17) is 0 Å². The first kappa shape index (κ1) is 13.2. The molecule has 0 N–H and O–H groups in total. The molecule has 0 radical (unpaired) electrons. The Morgan fingerprint density at radius 1 is 1.56 bits per heavy atom. The van der Waals surface area contributed by atoms with Gasteiger partial charge in [0.15, 0.2) is 5.78 Å². The Bertz CT molecular complexity index is 331. The van der Waals surface area contributed by atoms with Gasteiger partial charge in [0.05, 0.1) is 0 Å². The number of rotatable bonds is 3. The Morgan fingerprint density at radius 2 is 2.19 bits per heavy atom. The van der Waals surface area contributed by atoms with Gasteiger partial charge in [0, 0.05) is 5.92 Å². The van der Waals surface area contributed by atoms with Gasteiger partial charge >= 0.3 is 0 Å². The van der Waals surface area contributed by atoms with Crippen molar-refractivity contribution in [1.82, 2.24) is 0 Å². The van der Waals surface area contributed by atoms with Crippen LogP contribution < -0.4 is 0 Å². The SMILES string of the molecule is CC/C(=C\C1C(C)=CCCC1(C)C)C(C)=O. The Hall–Kier alpha value is -0.850. The first-order valence-corrected chi connectivity index (χ1v) is 6.26. The van der Waals surface area contributed by atoms with E-state index in [1.54, 1.807) is 6.92 Å². The van der Waals surface area contributed by atoms with Crippen molar-refractivity contribution < 1.29 is 4.79 Å². The number of carbonyl (C=O) groups excluding carboxylic acids is 1. The molecule has 0 aromatic heterocycles. The lowest BCUT2D eigenvalue weighted by Gasteiger charge is -2.37. The number of ketones is 1. The van der Waals surface area contributed by atoms with E-state index in [0.29, 0.717) is 5.92 Å². The summed E-state index contributed by atoms with van der Waals surface area (Å²) in [5.41, 5.74) is 2.69. The third-order valence-electron chi connectivity index (χ3n) is 3.79. The van der Waals surface area contributed by atoms with Crippen molar-refractivity contribution in [2.24, 2.45) is 11.3 Å². The molecule has 0 aromatic carbocycles. The smallest absolute Gasteiger partial charge is 0.155 e. The Labute approximate surface area is 99.6 Å². The van der Waals surface area contributed by atoms with E-state index in [1.807, 2.05) is 0 Å². The highest BCUT2D eigenvalue weighted by Gasteiger charge is 2.31. The molecule has 1 aliphatic carbocycles. The van der Waals surface area contributed by atoms with Crippen molar-refractivity contribution in [3.63, 3.8) is 0 Å². The fourth-order valence-electron chi connectivity index (χ4n) is 2.61. The summed E-state index contributed by atoms with van der Waals surface area (Å²) in [7, 11) is 0. The Morgan fingerprint density at radius 3 is 2.62 bits per heavy atom. The summed E-state index contributed by atoms with van der Waals surface area (Å²) < 4.78 is 0. The number of hydrogen-bond donors (Lipinski definition) is 0. The maximum atomic E-state index is 11.5. The molecule has 0 saturated carbocycles. The van der Waals surface area contributed by atoms with E-state index in [0.717, 1.165) is 12.0 Å². The summed E-state index contributed by atoms with van der Waals surface area (Å²) in [6, 6.07) is 0. The average molecular weight is 220 g/mol. The van der Waals surface area contributed by atoms with Crippen LogP contribution in [0.15, 0.2) is 23.3 Å². The predicted molar refractivity (Wildman–Crippen MR) is 69.3 cm³/mol. The monoisotopic (exact) mass is 220 g/mol. The van der Waals surface area contributed by atoms with Crippen LogP contribution in [0.4, 0.5) is 0 Å². The molecule has 0 aliphatic heterocycles. The molecule has 0 aromatic rings. The van der Waals surface area contributed by atoms with Crippen LogP contribution in [0.3, 0.4) is 0 Å². The molecule has 1 rings (SSSR count). The van der Waals surface area contributed by atoms with Gasteiger partial charge in [0.25, 0.3) is 0 Å².